The number of likely N-dealkylation sites (tertiary alicyclic amines) is 1. The maximum Gasteiger partial charge on any atom is 0.229 e. The second kappa shape index (κ2) is 5.66. The van der Waals surface area contributed by atoms with Gasteiger partial charge < -0.3 is 5.73 Å². The van der Waals surface area contributed by atoms with Crippen molar-refractivity contribution in [1.82, 2.24) is 4.90 Å². The molecule has 2 N–H and O–H groups in total. The molecule has 2 amide bonds. The third kappa shape index (κ3) is 3.01. The molecule has 4 nitrogen and oxygen atoms in total. The van der Waals surface area contributed by atoms with Gasteiger partial charge in [0, 0.05) is 18.4 Å². The average Bonchev–Trinajstić information content (AvgIpc) is 2.34. The van der Waals surface area contributed by atoms with Crippen molar-refractivity contribution < 1.29 is 14.0 Å². The Morgan fingerprint density at radius 1 is 1.40 bits per heavy atom. The van der Waals surface area contributed by atoms with Crippen molar-refractivity contribution in [3.63, 3.8) is 0 Å². The minimum atomic E-state index is -0.457. The van der Waals surface area contributed by atoms with Crippen molar-refractivity contribution in [3.8, 4) is 0 Å². The molecule has 0 atom stereocenters. The van der Waals surface area contributed by atoms with Crippen LogP contribution < -0.4 is 5.73 Å². The molecule has 0 aliphatic carbocycles. The number of nitrogens with zero attached hydrogens (tertiary/aromatic N) is 1. The summed E-state index contributed by atoms with van der Waals surface area (Å²) >= 11 is 4.88. The molecule has 1 aliphatic rings. The van der Waals surface area contributed by atoms with Crippen LogP contribution in [0.2, 0.25) is 0 Å². The average molecular weight is 294 g/mol. The molecule has 0 spiro atoms. The maximum absolute atomic E-state index is 13.2. The highest BCUT2D eigenvalue weighted by Gasteiger charge is 2.30. The third-order valence-electron chi connectivity index (χ3n) is 3.31. The van der Waals surface area contributed by atoms with E-state index in [1.807, 2.05) is 6.92 Å². The fraction of sp³-hybridized carbons (Fsp3) is 0.357. The summed E-state index contributed by atoms with van der Waals surface area (Å²) in [5.74, 6) is -0.824. The number of benzene rings is 1. The van der Waals surface area contributed by atoms with Crippen LogP contribution >= 0.6 is 12.2 Å². The molecule has 1 fully saturated rings. The lowest BCUT2D eigenvalue weighted by molar-refractivity contribution is -0.150. The summed E-state index contributed by atoms with van der Waals surface area (Å²) in [7, 11) is 0. The van der Waals surface area contributed by atoms with Gasteiger partial charge in [-0.05, 0) is 23.6 Å². The lowest BCUT2D eigenvalue weighted by Crippen LogP contribution is -2.42. The first-order chi connectivity index (χ1) is 9.38. The molecule has 106 valence electrons. The predicted molar refractivity (Wildman–Crippen MR) is 76.2 cm³/mol. The van der Waals surface area contributed by atoms with Crippen molar-refractivity contribution in [2.45, 2.75) is 26.3 Å². The van der Waals surface area contributed by atoms with Gasteiger partial charge in [0.25, 0.3) is 0 Å². The first-order valence-electron chi connectivity index (χ1n) is 6.30. The van der Waals surface area contributed by atoms with Crippen molar-refractivity contribution >= 4 is 29.0 Å². The van der Waals surface area contributed by atoms with Crippen LogP contribution in [0.3, 0.4) is 0 Å². The quantitative estimate of drug-likeness (QED) is 0.681. The molecule has 0 saturated carbocycles. The van der Waals surface area contributed by atoms with Crippen LogP contribution in [0.4, 0.5) is 4.39 Å². The van der Waals surface area contributed by atoms with E-state index >= 15 is 0 Å². The first-order valence-corrected chi connectivity index (χ1v) is 6.70. The van der Waals surface area contributed by atoms with Crippen LogP contribution in [-0.2, 0) is 16.1 Å². The monoisotopic (exact) mass is 294 g/mol. The number of imide groups is 1. The number of rotatable bonds is 3. The molecule has 1 aliphatic heterocycles. The summed E-state index contributed by atoms with van der Waals surface area (Å²) in [5, 5.41) is 0. The molecule has 20 heavy (non-hydrogen) atoms. The number of amides is 2. The largest absolute Gasteiger partial charge is 0.389 e. The molecule has 0 aromatic heterocycles. The summed E-state index contributed by atoms with van der Waals surface area (Å²) in [6, 6.07) is 3.99. The number of carbonyl (C=O) groups excluding carboxylic acids is 2. The van der Waals surface area contributed by atoms with Gasteiger partial charge in [0.2, 0.25) is 11.8 Å². The lowest BCUT2D eigenvalue weighted by Gasteiger charge is -2.28. The van der Waals surface area contributed by atoms with Gasteiger partial charge in [-0.1, -0.05) is 25.2 Å². The molecule has 1 aromatic carbocycles. The minimum absolute atomic E-state index is 0.0461. The standard InChI is InChI=1S/C14H15FN2O2S/c1-8-4-12(18)17(13(19)5-8)7-9-2-3-10(15)6-11(9)14(16)20/h2-3,6,8H,4-5,7H2,1H3,(H2,16,20). The summed E-state index contributed by atoms with van der Waals surface area (Å²) in [5.41, 5.74) is 6.50. The van der Waals surface area contributed by atoms with E-state index in [2.05, 4.69) is 0 Å². The number of thiocarbonyl (C=S) groups is 1. The summed E-state index contributed by atoms with van der Waals surface area (Å²) in [6.07, 6.45) is 0.685. The van der Waals surface area contributed by atoms with Crippen LogP contribution in [0, 0.1) is 11.7 Å². The van der Waals surface area contributed by atoms with Crippen LogP contribution in [0.25, 0.3) is 0 Å². The Morgan fingerprint density at radius 3 is 2.55 bits per heavy atom. The SMILES string of the molecule is CC1CC(=O)N(Cc2ccc(F)cc2C(N)=S)C(=O)C1. The van der Waals surface area contributed by atoms with Crippen LogP contribution in [0.15, 0.2) is 18.2 Å². The number of nitrogens with two attached hydrogens (primary N) is 1. The Kier molecular flexibility index (Phi) is 4.13. The van der Waals surface area contributed by atoms with Gasteiger partial charge in [0.15, 0.2) is 0 Å². The van der Waals surface area contributed by atoms with Crippen molar-refractivity contribution in [3.05, 3.63) is 35.1 Å². The molecular formula is C14H15FN2O2S. The Hall–Kier alpha value is -1.82. The molecule has 1 heterocycles. The second-order valence-corrected chi connectivity index (χ2v) is 5.49. The van der Waals surface area contributed by atoms with Gasteiger partial charge in [0.1, 0.15) is 10.8 Å². The molecule has 0 unspecified atom stereocenters. The van der Waals surface area contributed by atoms with E-state index in [9.17, 15) is 14.0 Å². The Bertz CT molecular complexity index is 571. The molecule has 1 saturated heterocycles. The summed E-state index contributed by atoms with van der Waals surface area (Å²) in [4.78, 5) is 25.1. The van der Waals surface area contributed by atoms with Gasteiger partial charge in [-0.25, -0.2) is 4.39 Å². The molecule has 1 aromatic rings. The zero-order valence-electron chi connectivity index (χ0n) is 11.1. The zero-order chi connectivity index (χ0) is 14.9. The summed E-state index contributed by atoms with van der Waals surface area (Å²) < 4.78 is 13.2. The van der Waals surface area contributed by atoms with E-state index in [1.165, 1.54) is 23.1 Å². The van der Waals surface area contributed by atoms with Gasteiger partial charge in [-0.3, -0.25) is 14.5 Å². The normalized spacial score (nSPS) is 16.6. The highest BCUT2D eigenvalue weighted by atomic mass is 32.1. The van der Waals surface area contributed by atoms with Gasteiger partial charge >= 0.3 is 0 Å². The number of piperidine rings is 1. The Morgan fingerprint density at radius 2 is 2.00 bits per heavy atom. The number of carbonyl (C=O) groups is 2. The van der Waals surface area contributed by atoms with Crippen molar-refractivity contribution in [2.75, 3.05) is 0 Å². The van der Waals surface area contributed by atoms with Crippen molar-refractivity contribution in [1.29, 1.82) is 0 Å². The highest BCUT2D eigenvalue weighted by Crippen LogP contribution is 2.22. The number of halogens is 1. The highest BCUT2D eigenvalue weighted by molar-refractivity contribution is 7.80. The van der Waals surface area contributed by atoms with Crippen LogP contribution in [-0.4, -0.2) is 21.7 Å². The number of hydrogen-bond donors (Lipinski definition) is 1. The first kappa shape index (κ1) is 14.6. The molecule has 0 radical (unpaired) electrons. The van der Waals surface area contributed by atoms with Gasteiger partial charge in [-0.2, -0.15) is 0 Å². The van der Waals surface area contributed by atoms with E-state index in [1.54, 1.807) is 0 Å². The Labute approximate surface area is 121 Å². The predicted octanol–water partition coefficient (Wildman–Crippen LogP) is 1.74. The van der Waals surface area contributed by atoms with E-state index < -0.39 is 5.82 Å². The smallest absolute Gasteiger partial charge is 0.229 e. The minimum Gasteiger partial charge on any atom is -0.389 e. The van der Waals surface area contributed by atoms with E-state index in [0.717, 1.165) is 0 Å². The van der Waals surface area contributed by atoms with E-state index in [0.29, 0.717) is 24.0 Å². The van der Waals surface area contributed by atoms with Gasteiger partial charge in [0.05, 0.1) is 6.54 Å². The maximum atomic E-state index is 13.2. The third-order valence-corrected chi connectivity index (χ3v) is 3.53. The molecule has 0 bridgehead atoms. The summed E-state index contributed by atoms with van der Waals surface area (Å²) in [6.45, 7) is 1.95. The second-order valence-electron chi connectivity index (χ2n) is 5.05. The van der Waals surface area contributed by atoms with Crippen LogP contribution in [0.5, 0.6) is 0 Å². The fourth-order valence-corrected chi connectivity index (χ4v) is 2.48. The van der Waals surface area contributed by atoms with Crippen LogP contribution in [0.1, 0.15) is 30.9 Å². The van der Waals surface area contributed by atoms with Gasteiger partial charge in [-0.15, -0.1) is 0 Å². The number of hydrogen-bond acceptors (Lipinski definition) is 3. The fourth-order valence-electron chi connectivity index (χ4n) is 2.29. The molecule has 6 heteroatoms. The zero-order valence-corrected chi connectivity index (χ0v) is 11.9. The van der Waals surface area contributed by atoms with E-state index in [-0.39, 0.29) is 29.3 Å². The Balaban J connectivity index is 2.28. The lowest BCUT2D eigenvalue weighted by atomic mass is 9.96. The molecule has 2 rings (SSSR count). The molecular weight excluding hydrogens is 279 g/mol. The van der Waals surface area contributed by atoms with Crippen molar-refractivity contribution in [2.24, 2.45) is 11.7 Å². The topological polar surface area (TPSA) is 63.4 Å². The van der Waals surface area contributed by atoms with E-state index in [4.69, 9.17) is 18.0 Å².